The van der Waals surface area contributed by atoms with Crippen molar-refractivity contribution in [1.29, 1.82) is 0 Å². The summed E-state index contributed by atoms with van der Waals surface area (Å²) < 4.78 is 11.6. The van der Waals surface area contributed by atoms with Crippen LogP contribution in [0.1, 0.15) is 107 Å². The summed E-state index contributed by atoms with van der Waals surface area (Å²) in [5, 5.41) is 9.40. The van der Waals surface area contributed by atoms with Gasteiger partial charge in [0.1, 0.15) is 22.9 Å². The number of hydrogen-bond donors (Lipinski definition) is 1. The van der Waals surface area contributed by atoms with Gasteiger partial charge in [-0.15, -0.1) is 0 Å². The summed E-state index contributed by atoms with van der Waals surface area (Å²) in [6.07, 6.45) is 2.75. The quantitative estimate of drug-likeness (QED) is 0.458. The van der Waals surface area contributed by atoms with E-state index in [2.05, 4.69) is 0 Å². The third-order valence-corrected chi connectivity index (χ3v) is 7.87. The van der Waals surface area contributed by atoms with Gasteiger partial charge in [-0.05, 0) is 71.6 Å². The van der Waals surface area contributed by atoms with Gasteiger partial charge in [0.2, 0.25) is 0 Å². The van der Waals surface area contributed by atoms with Crippen molar-refractivity contribution in [1.82, 2.24) is 4.90 Å². The van der Waals surface area contributed by atoms with Gasteiger partial charge < -0.3 is 14.6 Å². The van der Waals surface area contributed by atoms with E-state index in [1.54, 1.807) is 4.90 Å². The van der Waals surface area contributed by atoms with E-state index in [9.17, 15) is 24.3 Å². The summed E-state index contributed by atoms with van der Waals surface area (Å²) in [6.45, 7) is 15.3. The molecule has 1 saturated heterocycles. The molecule has 0 aromatic rings. The lowest BCUT2D eigenvalue weighted by molar-refractivity contribution is -0.150. The number of nitrogens with zero attached hydrogens (tertiary/aromatic N) is 1. The van der Waals surface area contributed by atoms with Crippen molar-refractivity contribution >= 4 is 23.6 Å². The third-order valence-electron chi connectivity index (χ3n) is 7.87. The lowest BCUT2D eigenvalue weighted by atomic mass is 9.54. The molecule has 1 aliphatic heterocycles. The number of amides is 1. The molecule has 1 N–H and O–H groups in total. The van der Waals surface area contributed by atoms with E-state index < -0.39 is 34.2 Å². The van der Waals surface area contributed by atoms with Crippen LogP contribution in [0.15, 0.2) is 0 Å². The monoisotopic (exact) mass is 495 g/mol. The minimum atomic E-state index is -0.909. The van der Waals surface area contributed by atoms with Crippen LogP contribution in [-0.4, -0.2) is 57.6 Å². The van der Waals surface area contributed by atoms with Crippen LogP contribution in [0.5, 0.6) is 0 Å². The second kappa shape index (κ2) is 10.6. The molecule has 0 unspecified atom stereocenters. The van der Waals surface area contributed by atoms with Crippen LogP contribution in [-0.2, 0) is 23.9 Å². The molecule has 4 atom stereocenters. The topological polar surface area (TPSA) is 110 Å². The average Bonchev–Trinajstić information content (AvgIpc) is 2.96. The molecule has 8 heteroatoms. The smallest absolute Gasteiger partial charge is 0.412 e. The van der Waals surface area contributed by atoms with Gasteiger partial charge in [0, 0.05) is 24.7 Å². The molecule has 1 amide bonds. The van der Waals surface area contributed by atoms with Gasteiger partial charge in [-0.1, -0.05) is 20.8 Å². The third kappa shape index (κ3) is 7.28. The molecule has 0 radical (unpaired) electrons. The lowest BCUT2D eigenvalue weighted by Gasteiger charge is -2.48. The number of aliphatic carboxylic acids is 1. The number of ether oxygens (including phenoxy) is 2. The van der Waals surface area contributed by atoms with Crippen molar-refractivity contribution < 1.29 is 33.8 Å². The Morgan fingerprint density at radius 1 is 1.20 bits per heavy atom. The number of carboxylic acids is 1. The molecular formula is C27H45NO7. The SMILES string of the molecule is C[C@H](CC(=O)CC[C@]1(C)C(=O)CCC[C@]1(C)CC(=O)O)C[C@@H]1CN(C(=O)OC(C)(C)C)C(C)(C)O1. The zero-order chi connectivity index (χ0) is 26.8. The summed E-state index contributed by atoms with van der Waals surface area (Å²) in [6, 6.07) is 0. The highest BCUT2D eigenvalue weighted by Gasteiger charge is 2.52. The molecule has 0 aromatic carbocycles. The molecule has 2 aliphatic rings. The fraction of sp³-hybridized carbons (Fsp3) is 0.852. The molecule has 2 rings (SSSR count). The summed E-state index contributed by atoms with van der Waals surface area (Å²) in [5.74, 6) is -0.733. The largest absolute Gasteiger partial charge is 0.481 e. The summed E-state index contributed by atoms with van der Waals surface area (Å²) in [4.78, 5) is 51.4. The normalized spacial score (nSPS) is 29.7. The molecule has 1 saturated carbocycles. The average molecular weight is 496 g/mol. The Morgan fingerprint density at radius 3 is 2.40 bits per heavy atom. The van der Waals surface area contributed by atoms with Crippen LogP contribution >= 0.6 is 0 Å². The molecule has 8 nitrogen and oxygen atoms in total. The van der Waals surface area contributed by atoms with Crippen molar-refractivity contribution in [2.75, 3.05) is 6.54 Å². The maximum Gasteiger partial charge on any atom is 0.412 e. The fourth-order valence-corrected chi connectivity index (χ4v) is 5.66. The minimum absolute atomic E-state index is 0.0437. The number of ketones is 2. The molecule has 0 bridgehead atoms. The molecule has 35 heavy (non-hydrogen) atoms. The second-order valence-corrected chi connectivity index (χ2v) is 12.6. The van der Waals surface area contributed by atoms with Crippen LogP contribution in [0.4, 0.5) is 4.79 Å². The standard InChI is InChI=1S/C27H45NO7/c1-18(15-20-17-28(25(5,6)34-20)23(33)35-24(2,3)4)14-19(29)11-13-27(8)21(30)10-9-12-26(27,7)16-22(31)32/h18,20H,9-17H2,1-8H3,(H,31,32)/t18-,20-,26-,27-/m1/s1. The van der Waals surface area contributed by atoms with E-state index in [-0.39, 0.29) is 36.4 Å². The number of carboxylic acid groups (broad SMARTS) is 1. The summed E-state index contributed by atoms with van der Waals surface area (Å²) in [5.41, 5.74) is -2.84. The van der Waals surface area contributed by atoms with Crippen LogP contribution in [0.2, 0.25) is 0 Å². The van der Waals surface area contributed by atoms with Crippen molar-refractivity contribution in [2.45, 2.75) is 124 Å². The molecule has 1 aliphatic carbocycles. The molecule has 2 fully saturated rings. The Hall–Kier alpha value is -1.96. The van der Waals surface area contributed by atoms with Crippen molar-refractivity contribution in [2.24, 2.45) is 16.7 Å². The van der Waals surface area contributed by atoms with E-state index in [0.717, 1.165) is 0 Å². The predicted molar refractivity (Wildman–Crippen MR) is 132 cm³/mol. The molecule has 0 aromatic heterocycles. The van der Waals surface area contributed by atoms with Crippen molar-refractivity contribution in [3.05, 3.63) is 0 Å². The fourth-order valence-electron chi connectivity index (χ4n) is 5.66. The number of carbonyl (C=O) groups is 4. The summed E-state index contributed by atoms with van der Waals surface area (Å²) >= 11 is 0. The first-order valence-corrected chi connectivity index (χ1v) is 12.8. The number of Topliss-reactive ketones (excluding diaryl/α,β-unsaturated/α-hetero) is 2. The molecular weight excluding hydrogens is 450 g/mol. The van der Waals surface area contributed by atoms with Gasteiger partial charge in [-0.2, -0.15) is 0 Å². The van der Waals surface area contributed by atoms with Gasteiger partial charge in [0.15, 0.2) is 0 Å². The maximum absolute atomic E-state index is 12.9. The molecule has 1 heterocycles. The van der Waals surface area contributed by atoms with E-state index in [1.165, 1.54) is 0 Å². The van der Waals surface area contributed by atoms with Crippen LogP contribution < -0.4 is 0 Å². The minimum Gasteiger partial charge on any atom is -0.481 e. The van der Waals surface area contributed by atoms with Gasteiger partial charge >= 0.3 is 12.1 Å². The van der Waals surface area contributed by atoms with E-state index in [1.807, 2.05) is 55.4 Å². The Bertz CT molecular complexity index is 830. The van der Waals surface area contributed by atoms with E-state index >= 15 is 0 Å². The maximum atomic E-state index is 12.9. The first kappa shape index (κ1) is 29.3. The Kier molecular flexibility index (Phi) is 8.84. The Balaban J connectivity index is 1.93. The van der Waals surface area contributed by atoms with Gasteiger partial charge in [0.25, 0.3) is 0 Å². The van der Waals surface area contributed by atoms with Crippen LogP contribution in [0, 0.1) is 16.7 Å². The number of rotatable bonds is 9. The van der Waals surface area contributed by atoms with Gasteiger partial charge in [0.05, 0.1) is 19.1 Å². The van der Waals surface area contributed by atoms with Crippen LogP contribution in [0.25, 0.3) is 0 Å². The molecule has 0 spiro atoms. The highest BCUT2D eigenvalue weighted by Crippen LogP contribution is 2.53. The Morgan fingerprint density at radius 2 is 1.83 bits per heavy atom. The number of carbonyl (C=O) groups excluding carboxylic acids is 3. The number of hydrogen-bond acceptors (Lipinski definition) is 6. The highest BCUT2D eigenvalue weighted by molar-refractivity contribution is 5.88. The van der Waals surface area contributed by atoms with Crippen LogP contribution in [0.3, 0.4) is 0 Å². The van der Waals surface area contributed by atoms with Crippen molar-refractivity contribution in [3.63, 3.8) is 0 Å². The zero-order valence-electron chi connectivity index (χ0n) is 22.9. The summed E-state index contributed by atoms with van der Waals surface area (Å²) in [7, 11) is 0. The predicted octanol–water partition coefficient (Wildman–Crippen LogP) is 5.36. The first-order valence-electron chi connectivity index (χ1n) is 12.8. The first-order chi connectivity index (χ1) is 15.9. The van der Waals surface area contributed by atoms with E-state index in [4.69, 9.17) is 9.47 Å². The molecule has 200 valence electrons. The Labute approximate surface area is 210 Å². The zero-order valence-corrected chi connectivity index (χ0v) is 22.9. The highest BCUT2D eigenvalue weighted by atomic mass is 16.6. The lowest BCUT2D eigenvalue weighted by Crippen LogP contribution is -2.48. The second-order valence-electron chi connectivity index (χ2n) is 12.6. The van der Waals surface area contributed by atoms with Gasteiger partial charge in [-0.3, -0.25) is 19.3 Å². The van der Waals surface area contributed by atoms with E-state index in [0.29, 0.717) is 45.1 Å². The van der Waals surface area contributed by atoms with Gasteiger partial charge in [-0.25, -0.2) is 4.79 Å². The van der Waals surface area contributed by atoms with Crippen molar-refractivity contribution in [3.8, 4) is 0 Å².